The number of halogens is 1. The molecule has 0 spiro atoms. The fourth-order valence-corrected chi connectivity index (χ4v) is 6.20. The van der Waals surface area contributed by atoms with Gasteiger partial charge in [-0.15, -0.1) is 0 Å². The van der Waals surface area contributed by atoms with Gasteiger partial charge in [-0.3, -0.25) is 13.9 Å². The number of rotatable bonds is 13. The molecule has 0 unspecified atom stereocenters. The highest BCUT2D eigenvalue weighted by atomic mass is 79.9. The minimum Gasteiger partial charge on any atom is -0.354 e. The van der Waals surface area contributed by atoms with E-state index in [9.17, 15) is 18.0 Å². The van der Waals surface area contributed by atoms with Crippen molar-refractivity contribution < 1.29 is 18.0 Å². The molecular formula is C32H40BrN3O4S. The molecule has 0 aromatic heterocycles. The molecular weight excluding hydrogens is 602 g/mol. The van der Waals surface area contributed by atoms with Gasteiger partial charge in [0.2, 0.25) is 11.8 Å². The highest BCUT2D eigenvalue weighted by Gasteiger charge is 2.32. The van der Waals surface area contributed by atoms with Gasteiger partial charge in [0.05, 0.1) is 10.6 Å². The number of carbonyl (C=O) groups excluding carboxylic acids is 2. The van der Waals surface area contributed by atoms with Crippen molar-refractivity contribution in [2.24, 2.45) is 0 Å². The topological polar surface area (TPSA) is 86.8 Å². The number of hydrogen-bond acceptors (Lipinski definition) is 4. The molecule has 0 saturated carbocycles. The normalized spacial score (nSPS) is 12.2. The Morgan fingerprint density at radius 3 is 2.20 bits per heavy atom. The Kier molecular flexibility index (Phi) is 11.5. The van der Waals surface area contributed by atoms with Gasteiger partial charge in [0.1, 0.15) is 12.6 Å². The summed E-state index contributed by atoms with van der Waals surface area (Å²) in [4.78, 5) is 28.6. The minimum atomic E-state index is -4.10. The highest BCUT2D eigenvalue weighted by molar-refractivity contribution is 9.10. The zero-order valence-electron chi connectivity index (χ0n) is 24.4. The molecule has 0 heterocycles. The quantitative estimate of drug-likeness (QED) is 0.219. The van der Waals surface area contributed by atoms with Crippen LogP contribution < -0.4 is 9.62 Å². The Hall–Kier alpha value is -3.17. The second-order valence-electron chi connectivity index (χ2n) is 10.5. The molecule has 1 N–H and O–H groups in total. The second kappa shape index (κ2) is 14.6. The molecule has 3 aromatic rings. The van der Waals surface area contributed by atoms with Crippen molar-refractivity contribution in [3.63, 3.8) is 0 Å². The lowest BCUT2D eigenvalue weighted by atomic mass is 10.0. The molecule has 0 radical (unpaired) electrons. The number of sulfonamides is 1. The third-order valence-corrected chi connectivity index (χ3v) is 9.26. The lowest BCUT2D eigenvalue weighted by Gasteiger charge is -2.32. The second-order valence-corrected chi connectivity index (χ2v) is 13.3. The van der Waals surface area contributed by atoms with Crippen LogP contribution in [0.3, 0.4) is 0 Å². The zero-order valence-corrected chi connectivity index (χ0v) is 26.8. The van der Waals surface area contributed by atoms with Gasteiger partial charge in [0, 0.05) is 17.6 Å². The molecule has 3 rings (SSSR count). The average Bonchev–Trinajstić information content (AvgIpc) is 2.94. The summed E-state index contributed by atoms with van der Waals surface area (Å²) in [5.41, 5.74) is 3.18. The summed E-state index contributed by atoms with van der Waals surface area (Å²) in [6.45, 7) is 9.91. The molecule has 9 heteroatoms. The fourth-order valence-electron chi connectivity index (χ4n) is 4.34. The molecule has 3 aromatic carbocycles. The third kappa shape index (κ3) is 8.66. The van der Waals surface area contributed by atoms with Crippen LogP contribution in [0, 0.1) is 6.92 Å². The Labute approximate surface area is 253 Å². The highest BCUT2D eigenvalue weighted by Crippen LogP contribution is 2.27. The summed E-state index contributed by atoms with van der Waals surface area (Å²) in [5, 5.41) is 2.91. The number of benzene rings is 3. The largest absolute Gasteiger partial charge is 0.354 e. The molecule has 1 atom stereocenters. The van der Waals surface area contributed by atoms with Crippen molar-refractivity contribution in [3.05, 3.63) is 94.0 Å². The van der Waals surface area contributed by atoms with E-state index in [1.165, 1.54) is 4.90 Å². The van der Waals surface area contributed by atoms with E-state index in [1.54, 1.807) is 43.3 Å². The molecule has 7 nitrogen and oxygen atoms in total. The van der Waals surface area contributed by atoms with E-state index in [0.717, 1.165) is 38.3 Å². The number of nitrogens with one attached hydrogen (secondary N) is 1. The third-order valence-electron chi connectivity index (χ3n) is 6.97. The van der Waals surface area contributed by atoms with Crippen molar-refractivity contribution in [3.8, 4) is 0 Å². The van der Waals surface area contributed by atoms with Gasteiger partial charge in [-0.2, -0.15) is 0 Å². The summed E-state index contributed by atoms with van der Waals surface area (Å²) in [6.07, 6.45) is 1.75. The molecule has 41 heavy (non-hydrogen) atoms. The van der Waals surface area contributed by atoms with Gasteiger partial charge < -0.3 is 10.2 Å². The first-order chi connectivity index (χ1) is 19.4. The van der Waals surface area contributed by atoms with E-state index in [-0.39, 0.29) is 23.3 Å². The van der Waals surface area contributed by atoms with Crippen molar-refractivity contribution in [1.29, 1.82) is 0 Å². The molecule has 0 aliphatic carbocycles. The molecule has 0 saturated heterocycles. The van der Waals surface area contributed by atoms with Gasteiger partial charge in [-0.25, -0.2) is 8.42 Å². The van der Waals surface area contributed by atoms with Crippen LogP contribution in [0.1, 0.15) is 63.1 Å². The molecule has 0 fully saturated rings. The number of carbonyl (C=O) groups is 2. The van der Waals surface area contributed by atoms with Gasteiger partial charge in [0.25, 0.3) is 10.0 Å². The average molecular weight is 643 g/mol. The number of nitrogens with zero attached hydrogens (tertiary/aromatic N) is 2. The van der Waals surface area contributed by atoms with Crippen LogP contribution >= 0.6 is 15.9 Å². The maximum absolute atomic E-state index is 14.0. The minimum absolute atomic E-state index is 0.0905. The van der Waals surface area contributed by atoms with Crippen LogP contribution in [0.25, 0.3) is 0 Å². The number of unbranched alkanes of at least 4 members (excludes halogenated alkanes) is 1. The molecule has 0 bridgehead atoms. The number of aryl methyl sites for hydroxylation is 1. The standard InChI is InChI=1S/C32H40BrN3O4S/c1-6-7-19-34-32(38)25(5)35(21-26-9-8-10-28(33)20-26)31(37)22-36(29-15-13-27(14-16-29)23(2)3)41(39,40)30-17-11-24(4)12-18-30/h8-18,20,23,25H,6-7,19,21-22H2,1-5H3,(H,34,38)/t25-/m1/s1. The smallest absolute Gasteiger partial charge is 0.264 e. The van der Waals surface area contributed by atoms with Gasteiger partial charge in [0.15, 0.2) is 0 Å². The Balaban J connectivity index is 2.02. The molecule has 2 amide bonds. The van der Waals surface area contributed by atoms with Crippen molar-refractivity contribution in [2.75, 3.05) is 17.4 Å². The van der Waals surface area contributed by atoms with Crippen molar-refractivity contribution in [1.82, 2.24) is 10.2 Å². The molecule has 0 aliphatic heterocycles. The Bertz CT molecular complexity index is 1420. The fraction of sp³-hybridized carbons (Fsp3) is 0.375. The summed E-state index contributed by atoms with van der Waals surface area (Å²) in [7, 11) is -4.10. The van der Waals surface area contributed by atoms with Crippen molar-refractivity contribution >= 4 is 43.5 Å². The van der Waals surface area contributed by atoms with Gasteiger partial charge in [-0.05, 0) is 73.7 Å². The van der Waals surface area contributed by atoms with Crippen LogP contribution in [-0.4, -0.2) is 44.3 Å². The predicted molar refractivity (Wildman–Crippen MR) is 168 cm³/mol. The number of amides is 2. The summed E-state index contributed by atoms with van der Waals surface area (Å²) < 4.78 is 29.9. The zero-order chi connectivity index (χ0) is 30.2. The maximum atomic E-state index is 14.0. The maximum Gasteiger partial charge on any atom is 0.264 e. The van der Waals surface area contributed by atoms with E-state index >= 15 is 0 Å². The van der Waals surface area contributed by atoms with E-state index in [4.69, 9.17) is 0 Å². The molecule has 0 aliphatic rings. The van der Waals surface area contributed by atoms with E-state index in [2.05, 4.69) is 35.1 Å². The number of hydrogen-bond donors (Lipinski definition) is 1. The molecule has 220 valence electrons. The first-order valence-electron chi connectivity index (χ1n) is 13.9. The lowest BCUT2D eigenvalue weighted by molar-refractivity contribution is -0.139. The van der Waals surface area contributed by atoms with Crippen LogP contribution in [-0.2, 0) is 26.2 Å². The lowest BCUT2D eigenvalue weighted by Crippen LogP contribution is -2.51. The van der Waals surface area contributed by atoms with Crippen LogP contribution in [0.4, 0.5) is 5.69 Å². The van der Waals surface area contributed by atoms with E-state index in [1.807, 2.05) is 50.2 Å². The van der Waals surface area contributed by atoms with Crippen LogP contribution in [0.5, 0.6) is 0 Å². The summed E-state index contributed by atoms with van der Waals surface area (Å²) in [5.74, 6) is -0.497. The Morgan fingerprint density at radius 1 is 0.951 bits per heavy atom. The summed E-state index contributed by atoms with van der Waals surface area (Å²) >= 11 is 3.47. The Morgan fingerprint density at radius 2 is 1.61 bits per heavy atom. The predicted octanol–water partition coefficient (Wildman–Crippen LogP) is 6.41. The first-order valence-corrected chi connectivity index (χ1v) is 16.2. The SMILES string of the molecule is CCCCNC(=O)[C@@H](C)N(Cc1cccc(Br)c1)C(=O)CN(c1ccc(C(C)C)cc1)S(=O)(=O)c1ccc(C)cc1. The van der Waals surface area contributed by atoms with E-state index in [0.29, 0.717) is 12.2 Å². The number of anilines is 1. The van der Waals surface area contributed by atoms with Crippen LogP contribution in [0.15, 0.2) is 82.2 Å². The van der Waals surface area contributed by atoms with E-state index < -0.39 is 28.5 Å². The first kappa shape index (κ1) is 32.3. The van der Waals surface area contributed by atoms with Crippen LogP contribution in [0.2, 0.25) is 0 Å². The monoisotopic (exact) mass is 641 g/mol. The van der Waals surface area contributed by atoms with Crippen molar-refractivity contribution in [2.45, 2.75) is 70.9 Å². The van der Waals surface area contributed by atoms with Gasteiger partial charge >= 0.3 is 0 Å². The summed E-state index contributed by atoms with van der Waals surface area (Å²) in [6, 6.07) is 20.5. The van der Waals surface area contributed by atoms with Gasteiger partial charge in [-0.1, -0.05) is 85.1 Å².